The molecular weight excluding hydrogens is 254 g/mol. The summed E-state index contributed by atoms with van der Waals surface area (Å²) in [6.07, 6.45) is 0. The SMILES string of the molecule is O=C(NCc1cc(CCl)no1)Nc1ccccc1. The fourth-order valence-electron chi connectivity index (χ4n) is 1.37. The number of benzene rings is 1. The summed E-state index contributed by atoms with van der Waals surface area (Å²) in [4.78, 5) is 11.6. The molecule has 0 unspecified atom stereocenters. The van der Waals surface area contributed by atoms with Crippen molar-refractivity contribution in [3.05, 3.63) is 47.9 Å². The lowest BCUT2D eigenvalue weighted by molar-refractivity contribution is 0.250. The van der Waals surface area contributed by atoms with E-state index in [0.717, 1.165) is 5.69 Å². The first kappa shape index (κ1) is 12.4. The van der Waals surface area contributed by atoms with Crippen LogP contribution in [0, 0.1) is 0 Å². The van der Waals surface area contributed by atoms with E-state index in [1.807, 2.05) is 18.2 Å². The van der Waals surface area contributed by atoms with E-state index in [2.05, 4.69) is 15.8 Å². The van der Waals surface area contributed by atoms with Gasteiger partial charge >= 0.3 is 6.03 Å². The molecule has 0 aliphatic carbocycles. The van der Waals surface area contributed by atoms with Crippen molar-refractivity contribution in [2.75, 3.05) is 5.32 Å². The van der Waals surface area contributed by atoms with Crippen LogP contribution in [0.25, 0.3) is 0 Å². The van der Waals surface area contributed by atoms with Gasteiger partial charge in [0.15, 0.2) is 5.76 Å². The third-order valence-electron chi connectivity index (χ3n) is 2.20. The predicted molar refractivity (Wildman–Crippen MR) is 68.4 cm³/mol. The van der Waals surface area contributed by atoms with Gasteiger partial charge in [0, 0.05) is 11.8 Å². The van der Waals surface area contributed by atoms with Gasteiger partial charge in [0.05, 0.1) is 18.1 Å². The van der Waals surface area contributed by atoms with Crippen LogP contribution in [0.15, 0.2) is 40.9 Å². The summed E-state index contributed by atoms with van der Waals surface area (Å²) < 4.78 is 4.98. The second kappa shape index (κ2) is 6.07. The maximum atomic E-state index is 11.6. The van der Waals surface area contributed by atoms with Crippen LogP contribution in [0.5, 0.6) is 0 Å². The van der Waals surface area contributed by atoms with E-state index in [1.54, 1.807) is 18.2 Å². The highest BCUT2D eigenvalue weighted by Crippen LogP contribution is 2.07. The summed E-state index contributed by atoms with van der Waals surface area (Å²) in [6.45, 7) is 0.266. The molecule has 2 rings (SSSR count). The molecule has 1 aromatic heterocycles. The number of anilines is 1. The van der Waals surface area contributed by atoms with Gasteiger partial charge in [-0.05, 0) is 12.1 Å². The molecule has 2 N–H and O–H groups in total. The number of halogens is 1. The molecule has 0 saturated heterocycles. The first-order valence-electron chi connectivity index (χ1n) is 5.38. The highest BCUT2D eigenvalue weighted by Gasteiger charge is 2.05. The topological polar surface area (TPSA) is 67.2 Å². The summed E-state index contributed by atoms with van der Waals surface area (Å²) in [5.74, 6) is 0.855. The van der Waals surface area contributed by atoms with E-state index in [1.165, 1.54) is 0 Å². The zero-order valence-corrected chi connectivity index (χ0v) is 10.3. The molecule has 0 spiro atoms. The molecule has 18 heavy (non-hydrogen) atoms. The molecule has 2 amide bonds. The van der Waals surface area contributed by atoms with Crippen molar-refractivity contribution in [2.45, 2.75) is 12.4 Å². The number of aromatic nitrogens is 1. The highest BCUT2D eigenvalue weighted by molar-refractivity contribution is 6.16. The molecule has 0 saturated carbocycles. The Morgan fingerprint density at radius 3 is 2.78 bits per heavy atom. The molecule has 6 heteroatoms. The fraction of sp³-hybridized carbons (Fsp3) is 0.167. The van der Waals surface area contributed by atoms with Gasteiger partial charge in [-0.3, -0.25) is 0 Å². The highest BCUT2D eigenvalue weighted by atomic mass is 35.5. The summed E-state index contributed by atoms with van der Waals surface area (Å²) in [6, 6.07) is 10.6. The third kappa shape index (κ3) is 3.49. The number of alkyl halides is 1. The number of carbonyl (C=O) groups excluding carboxylic acids is 1. The number of amides is 2. The van der Waals surface area contributed by atoms with Gasteiger partial charge in [0.25, 0.3) is 0 Å². The zero-order chi connectivity index (χ0) is 12.8. The van der Waals surface area contributed by atoms with E-state index in [0.29, 0.717) is 17.3 Å². The van der Waals surface area contributed by atoms with Crippen molar-refractivity contribution < 1.29 is 9.32 Å². The number of hydrogen-bond donors (Lipinski definition) is 2. The van der Waals surface area contributed by atoms with E-state index >= 15 is 0 Å². The van der Waals surface area contributed by atoms with Crippen LogP contribution in [0.3, 0.4) is 0 Å². The third-order valence-corrected chi connectivity index (χ3v) is 2.47. The van der Waals surface area contributed by atoms with E-state index in [9.17, 15) is 4.79 Å². The number of nitrogens with one attached hydrogen (secondary N) is 2. The first-order chi connectivity index (χ1) is 8.78. The van der Waals surface area contributed by atoms with E-state index in [-0.39, 0.29) is 12.6 Å². The van der Waals surface area contributed by atoms with Crippen LogP contribution >= 0.6 is 11.6 Å². The van der Waals surface area contributed by atoms with E-state index < -0.39 is 0 Å². The second-order valence-corrected chi connectivity index (χ2v) is 3.86. The molecule has 2 aromatic rings. The molecule has 5 nitrogen and oxygen atoms in total. The van der Waals surface area contributed by atoms with Crippen molar-refractivity contribution in [1.82, 2.24) is 10.5 Å². The van der Waals surface area contributed by atoms with Crippen LogP contribution in [0.1, 0.15) is 11.5 Å². The second-order valence-electron chi connectivity index (χ2n) is 3.59. The summed E-state index contributed by atoms with van der Waals surface area (Å²) in [5, 5.41) is 9.07. The van der Waals surface area contributed by atoms with Crippen LogP contribution in [-0.2, 0) is 12.4 Å². The van der Waals surface area contributed by atoms with Crippen LogP contribution in [-0.4, -0.2) is 11.2 Å². The normalized spacial score (nSPS) is 10.1. The van der Waals surface area contributed by atoms with Gasteiger partial charge in [0.1, 0.15) is 0 Å². The first-order valence-corrected chi connectivity index (χ1v) is 5.91. The Morgan fingerprint density at radius 1 is 1.33 bits per heavy atom. The molecule has 1 aromatic carbocycles. The van der Waals surface area contributed by atoms with Gasteiger partial charge < -0.3 is 15.2 Å². The molecule has 1 heterocycles. The number of carbonyl (C=O) groups is 1. The maximum Gasteiger partial charge on any atom is 0.319 e. The molecule has 0 fully saturated rings. The van der Waals surface area contributed by atoms with Gasteiger partial charge in [0.2, 0.25) is 0 Å². The monoisotopic (exact) mass is 265 g/mol. The number of hydrogen-bond acceptors (Lipinski definition) is 3. The summed E-state index contributed by atoms with van der Waals surface area (Å²) in [7, 11) is 0. The Balaban J connectivity index is 1.81. The van der Waals surface area contributed by atoms with Crippen molar-refractivity contribution >= 4 is 23.3 Å². The molecular formula is C12H12ClN3O2. The summed E-state index contributed by atoms with van der Waals surface area (Å²) in [5.41, 5.74) is 1.38. The molecule has 0 bridgehead atoms. The average molecular weight is 266 g/mol. The smallest absolute Gasteiger partial charge is 0.319 e. The Bertz CT molecular complexity index is 513. The molecule has 0 radical (unpaired) electrons. The van der Waals surface area contributed by atoms with Crippen LogP contribution in [0.4, 0.5) is 10.5 Å². The molecule has 0 aliphatic rings. The minimum Gasteiger partial charge on any atom is -0.359 e. The molecule has 0 atom stereocenters. The number of rotatable bonds is 4. The van der Waals surface area contributed by atoms with Gasteiger partial charge in [-0.15, -0.1) is 11.6 Å². The minimum absolute atomic E-state index is 0.266. The Morgan fingerprint density at radius 2 is 2.11 bits per heavy atom. The standard InChI is InChI=1S/C12H12ClN3O2/c13-7-10-6-11(18-16-10)8-14-12(17)15-9-4-2-1-3-5-9/h1-6H,7-8H2,(H2,14,15,17). The van der Waals surface area contributed by atoms with Crippen LogP contribution in [0.2, 0.25) is 0 Å². The largest absolute Gasteiger partial charge is 0.359 e. The number of para-hydroxylation sites is 1. The Kier molecular flexibility index (Phi) is 4.20. The fourth-order valence-corrected chi connectivity index (χ4v) is 1.49. The van der Waals surface area contributed by atoms with E-state index in [4.69, 9.17) is 16.1 Å². The number of nitrogens with zero attached hydrogens (tertiary/aromatic N) is 1. The van der Waals surface area contributed by atoms with Crippen molar-refractivity contribution in [1.29, 1.82) is 0 Å². The lowest BCUT2D eigenvalue weighted by atomic mass is 10.3. The van der Waals surface area contributed by atoms with Crippen molar-refractivity contribution in [2.24, 2.45) is 0 Å². The lowest BCUT2D eigenvalue weighted by Gasteiger charge is -2.05. The molecule has 0 aliphatic heterocycles. The van der Waals surface area contributed by atoms with Gasteiger partial charge in [-0.1, -0.05) is 23.4 Å². The predicted octanol–water partition coefficient (Wildman–Crippen LogP) is 2.74. The number of urea groups is 1. The minimum atomic E-state index is -0.301. The average Bonchev–Trinajstić information content (AvgIpc) is 2.85. The zero-order valence-electron chi connectivity index (χ0n) is 9.52. The van der Waals surface area contributed by atoms with Crippen molar-refractivity contribution in [3.63, 3.8) is 0 Å². The van der Waals surface area contributed by atoms with Gasteiger partial charge in [-0.25, -0.2) is 4.79 Å². The summed E-state index contributed by atoms with van der Waals surface area (Å²) >= 11 is 5.59. The Hall–Kier alpha value is -2.01. The Labute approximate surface area is 109 Å². The van der Waals surface area contributed by atoms with Gasteiger partial charge in [-0.2, -0.15) is 0 Å². The quantitative estimate of drug-likeness (QED) is 0.836. The molecule has 94 valence electrons. The maximum absolute atomic E-state index is 11.6. The lowest BCUT2D eigenvalue weighted by Crippen LogP contribution is -2.27. The van der Waals surface area contributed by atoms with Crippen LogP contribution < -0.4 is 10.6 Å². The van der Waals surface area contributed by atoms with Crippen molar-refractivity contribution in [3.8, 4) is 0 Å².